The van der Waals surface area contributed by atoms with Crippen LogP contribution in [0.5, 0.6) is 0 Å². The third kappa shape index (κ3) is 3.79. The second-order valence-corrected chi connectivity index (χ2v) is 6.20. The lowest BCUT2D eigenvalue weighted by atomic mass is 10.1. The molecule has 1 unspecified atom stereocenters. The number of aryl methyl sites for hydroxylation is 1. The van der Waals surface area contributed by atoms with Crippen LogP contribution in [0.1, 0.15) is 39.3 Å². The molecule has 0 spiro atoms. The molecule has 0 bridgehead atoms. The molecule has 2 N–H and O–H groups in total. The zero-order valence-electron chi connectivity index (χ0n) is 14.1. The molecule has 1 saturated heterocycles. The van der Waals surface area contributed by atoms with Crippen molar-refractivity contribution in [3.63, 3.8) is 0 Å². The number of rotatable bonds is 5. The summed E-state index contributed by atoms with van der Waals surface area (Å²) >= 11 is 0. The molecule has 1 aliphatic rings. The molecule has 0 radical (unpaired) electrons. The van der Waals surface area contributed by atoms with Gasteiger partial charge in [0, 0.05) is 31.0 Å². The van der Waals surface area contributed by atoms with Crippen LogP contribution < -0.4 is 10.2 Å². The quantitative estimate of drug-likeness (QED) is 0.874. The van der Waals surface area contributed by atoms with E-state index in [2.05, 4.69) is 27.3 Å². The number of carboxylic acid groups (broad SMARTS) is 1. The largest absolute Gasteiger partial charge is 0.478 e. The van der Waals surface area contributed by atoms with Gasteiger partial charge in [0.05, 0.1) is 16.8 Å². The van der Waals surface area contributed by atoms with Gasteiger partial charge in [-0.1, -0.05) is 18.2 Å². The normalized spacial score (nSPS) is 16.7. The van der Waals surface area contributed by atoms with Crippen LogP contribution in [0, 0.1) is 6.92 Å². The Hall–Kier alpha value is -2.89. The maximum Gasteiger partial charge on any atom is 0.337 e. The van der Waals surface area contributed by atoms with Gasteiger partial charge in [-0.25, -0.2) is 4.79 Å². The molecule has 3 rings (SSSR count). The molecule has 2 aromatic rings. The molecular formula is C19H21N3O3. The summed E-state index contributed by atoms with van der Waals surface area (Å²) in [4.78, 5) is 29.9. The molecule has 25 heavy (non-hydrogen) atoms. The van der Waals surface area contributed by atoms with E-state index in [1.54, 1.807) is 6.92 Å². The third-order valence-corrected chi connectivity index (χ3v) is 4.54. The number of para-hydroxylation sites is 1. The van der Waals surface area contributed by atoms with E-state index in [9.17, 15) is 9.59 Å². The summed E-state index contributed by atoms with van der Waals surface area (Å²) in [6, 6.07) is 11.8. The number of amides is 1. The zero-order valence-corrected chi connectivity index (χ0v) is 14.1. The summed E-state index contributed by atoms with van der Waals surface area (Å²) in [5.41, 5.74) is 2.01. The number of hydrogen-bond donors (Lipinski definition) is 2. The van der Waals surface area contributed by atoms with Gasteiger partial charge in [-0.05, 0) is 38.0 Å². The molecule has 1 aromatic heterocycles. The fourth-order valence-corrected chi connectivity index (χ4v) is 3.19. The minimum absolute atomic E-state index is 0.0162. The summed E-state index contributed by atoms with van der Waals surface area (Å²) < 4.78 is 0. The topological polar surface area (TPSA) is 82.5 Å². The third-order valence-electron chi connectivity index (χ3n) is 4.54. The first-order valence-electron chi connectivity index (χ1n) is 8.36. The Labute approximate surface area is 146 Å². The Morgan fingerprint density at radius 1 is 1.32 bits per heavy atom. The van der Waals surface area contributed by atoms with Gasteiger partial charge in [-0.3, -0.25) is 9.78 Å². The molecule has 6 heteroatoms. The molecule has 1 fully saturated rings. The van der Waals surface area contributed by atoms with Gasteiger partial charge >= 0.3 is 5.97 Å². The van der Waals surface area contributed by atoms with Gasteiger partial charge in [0.15, 0.2) is 0 Å². The van der Waals surface area contributed by atoms with E-state index in [0.29, 0.717) is 17.8 Å². The molecule has 0 aliphatic carbocycles. The van der Waals surface area contributed by atoms with Crippen molar-refractivity contribution in [2.45, 2.75) is 25.8 Å². The van der Waals surface area contributed by atoms with Gasteiger partial charge in [0.25, 0.3) is 5.91 Å². The fraction of sp³-hybridized carbons (Fsp3) is 0.316. The molecular weight excluding hydrogens is 318 g/mol. The lowest BCUT2D eigenvalue weighted by Gasteiger charge is -2.27. The molecule has 2 heterocycles. The molecule has 130 valence electrons. The number of anilines is 1. The average molecular weight is 339 g/mol. The monoisotopic (exact) mass is 339 g/mol. The van der Waals surface area contributed by atoms with Crippen LogP contribution in [0.15, 0.2) is 42.6 Å². The summed E-state index contributed by atoms with van der Waals surface area (Å²) in [5.74, 6) is -1.37. The summed E-state index contributed by atoms with van der Waals surface area (Å²) in [7, 11) is 0. The molecule has 1 aliphatic heterocycles. The van der Waals surface area contributed by atoms with Crippen molar-refractivity contribution in [3.8, 4) is 0 Å². The predicted molar refractivity (Wildman–Crippen MR) is 95.1 cm³/mol. The van der Waals surface area contributed by atoms with Crippen LogP contribution in [0.4, 0.5) is 5.69 Å². The second kappa shape index (κ2) is 7.34. The number of aromatic carboxylic acids is 1. The summed E-state index contributed by atoms with van der Waals surface area (Å²) in [6.45, 7) is 3.19. The predicted octanol–water partition coefficient (Wildman–Crippen LogP) is 2.49. The summed E-state index contributed by atoms with van der Waals surface area (Å²) in [6.07, 6.45) is 3.37. The lowest BCUT2D eigenvalue weighted by molar-refractivity contribution is 0.0696. The van der Waals surface area contributed by atoms with Gasteiger partial charge in [0.2, 0.25) is 0 Å². The van der Waals surface area contributed by atoms with Crippen molar-refractivity contribution in [3.05, 3.63) is 59.4 Å². The van der Waals surface area contributed by atoms with Crippen molar-refractivity contribution in [2.75, 3.05) is 18.0 Å². The van der Waals surface area contributed by atoms with Crippen LogP contribution >= 0.6 is 0 Å². The van der Waals surface area contributed by atoms with E-state index in [-0.39, 0.29) is 17.5 Å². The average Bonchev–Trinajstić information content (AvgIpc) is 3.09. The molecule has 1 aromatic carbocycles. The van der Waals surface area contributed by atoms with Crippen LogP contribution in [0.25, 0.3) is 0 Å². The van der Waals surface area contributed by atoms with Gasteiger partial charge in [-0.15, -0.1) is 0 Å². The number of nitrogens with one attached hydrogen (secondary N) is 1. The number of pyridine rings is 1. The number of benzene rings is 1. The Balaban J connectivity index is 1.68. The van der Waals surface area contributed by atoms with Crippen molar-refractivity contribution in [1.82, 2.24) is 10.3 Å². The van der Waals surface area contributed by atoms with E-state index in [0.717, 1.165) is 25.1 Å². The van der Waals surface area contributed by atoms with Crippen molar-refractivity contribution in [1.29, 1.82) is 0 Å². The lowest BCUT2D eigenvalue weighted by Crippen LogP contribution is -2.40. The number of carbonyl (C=O) groups is 2. The van der Waals surface area contributed by atoms with Crippen molar-refractivity contribution >= 4 is 17.6 Å². The van der Waals surface area contributed by atoms with E-state index >= 15 is 0 Å². The number of hydrogen-bond acceptors (Lipinski definition) is 4. The number of carboxylic acids is 1. The highest BCUT2D eigenvalue weighted by atomic mass is 16.4. The molecule has 1 amide bonds. The van der Waals surface area contributed by atoms with Crippen molar-refractivity contribution in [2.24, 2.45) is 0 Å². The first-order chi connectivity index (χ1) is 12.1. The van der Waals surface area contributed by atoms with E-state index in [4.69, 9.17) is 5.11 Å². The van der Waals surface area contributed by atoms with Gasteiger partial charge < -0.3 is 15.3 Å². The Kier molecular flexibility index (Phi) is 4.97. The van der Waals surface area contributed by atoms with Crippen LogP contribution in [-0.4, -0.2) is 41.1 Å². The van der Waals surface area contributed by atoms with Crippen LogP contribution in [0.3, 0.4) is 0 Å². The first-order valence-corrected chi connectivity index (χ1v) is 8.36. The Morgan fingerprint density at radius 2 is 2.08 bits per heavy atom. The SMILES string of the molecule is Cc1ncc(C(=O)O)cc1C(=O)NCC1CCCN1c1ccccc1. The second-order valence-electron chi connectivity index (χ2n) is 6.20. The van der Waals surface area contributed by atoms with Crippen LogP contribution in [-0.2, 0) is 0 Å². The minimum Gasteiger partial charge on any atom is -0.478 e. The number of aromatic nitrogens is 1. The maximum absolute atomic E-state index is 12.5. The Morgan fingerprint density at radius 3 is 2.80 bits per heavy atom. The standard InChI is InChI=1S/C19H21N3O3/c1-13-17(10-14(11-20-13)19(24)25)18(23)21-12-16-8-5-9-22(16)15-6-3-2-4-7-15/h2-4,6-7,10-11,16H,5,8-9,12H2,1H3,(H,21,23)(H,24,25). The number of nitrogens with zero attached hydrogens (tertiary/aromatic N) is 2. The number of carbonyl (C=O) groups excluding carboxylic acids is 1. The van der Waals surface area contributed by atoms with E-state index < -0.39 is 5.97 Å². The highest BCUT2D eigenvalue weighted by Crippen LogP contribution is 2.24. The van der Waals surface area contributed by atoms with Gasteiger partial charge in [0.1, 0.15) is 0 Å². The van der Waals surface area contributed by atoms with Crippen molar-refractivity contribution < 1.29 is 14.7 Å². The van der Waals surface area contributed by atoms with Crippen LogP contribution in [0.2, 0.25) is 0 Å². The first kappa shape index (κ1) is 17.0. The fourth-order valence-electron chi connectivity index (χ4n) is 3.19. The maximum atomic E-state index is 12.5. The van der Waals surface area contributed by atoms with Gasteiger partial charge in [-0.2, -0.15) is 0 Å². The zero-order chi connectivity index (χ0) is 17.8. The van der Waals surface area contributed by atoms with E-state index in [1.165, 1.54) is 12.3 Å². The highest BCUT2D eigenvalue weighted by molar-refractivity contribution is 5.98. The minimum atomic E-state index is -1.09. The smallest absolute Gasteiger partial charge is 0.337 e. The summed E-state index contributed by atoms with van der Waals surface area (Å²) in [5, 5.41) is 12.0. The molecule has 0 saturated carbocycles. The van der Waals surface area contributed by atoms with E-state index in [1.807, 2.05) is 18.2 Å². The molecule has 6 nitrogen and oxygen atoms in total. The Bertz CT molecular complexity index is 777. The highest BCUT2D eigenvalue weighted by Gasteiger charge is 2.25. The molecule has 1 atom stereocenters.